The Kier molecular flexibility index (Phi) is 3.10. The molecule has 0 bridgehead atoms. The molecule has 0 aromatic carbocycles. The number of aromatic nitrogens is 4. The van der Waals surface area contributed by atoms with Crippen LogP contribution in [0.3, 0.4) is 0 Å². The smallest absolute Gasteiger partial charge is 0.176 e. The Hall–Kier alpha value is -0.840. The van der Waals surface area contributed by atoms with Crippen molar-refractivity contribution in [3.05, 3.63) is 12.2 Å². The molecule has 1 N–H and O–H groups in total. The van der Waals surface area contributed by atoms with Crippen LogP contribution in [0.1, 0.15) is 13.3 Å². The molecule has 0 aliphatic carbocycles. The Morgan fingerprint density at radius 1 is 1.73 bits per heavy atom. The molecule has 11 heavy (non-hydrogen) atoms. The summed E-state index contributed by atoms with van der Waals surface area (Å²) >= 11 is 1.54. The minimum absolute atomic E-state index is 0.680. The summed E-state index contributed by atoms with van der Waals surface area (Å²) in [6, 6.07) is 0. The van der Waals surface area contributed by atoms with Gasteiger partial charge in [-0.05, 0) is 11.6 Å². The average Bonchev–Trinajstić information content (AvgIpc) is 2.52. The van der Waals surface area contributed by atoms with E-state index in [0.29, 0.717) is 5.16 Å². The van der Waals surface area contributed by atoms with Crippen molar-refractivity contribution < 1.29 is 0 Å². The van der Waals surface area contributed by atoms with E-state index in [9.17, 15) is 0 Å². The summed E-state index contributed by atoms with van der Waals surface area (Å²) in [5.74, 6) is 0.871. The fourth-order valence-electron chi connectivity index (χ4n) is 0.482. The van der Waals surface area contributed by atoms with E-state index in [1.54, 1.807) is 11.8 Å². The highest BCUT2D eigenvalue weighted by Crippen LogP contribution is 2.14. The number of thioether (sulfide) groups is 1. The van der Waals surface area contributed by atoms with Crippen molar-refractivity contribution in [2.24, 2.45) is 0 Å². The number of hydrogen-bond donors (Lipinski definition) is 1. The third-order valence-corrected chi connectivity index (χ3v) is 2.22. The van der Waals surface area contributed by atoms with Gasteiger partial charge in [-0.3, -0.25) is 0 Å². The zero-order chi connectivity index (χ0) is 8.10. The summed E-state index contributed by atoms with van der Waals surface area (Å²) < 4.78 is 0. The van der Waals surface area contributed by atoms with Crippen LogP contribution in [-0.2, 0) is 0 Å². The first-order chi connectivity index (χ1) is 5.33. The van der Waals surface area contributed by atoms with Crippen LogP contribution >= 0.6 is 11.8 Å². The monoisotopic (exact) mass is 170 g/mol. The van der Waals surface area contributed by atoms with Gasteiger partial charge < -0.3 is 0 Å². The van der Waals surface area contributed by atoms with Crippen molar-refractivity contribution >= 4 is 11.8 Å². The number of nitrogens with zero attached hydrogens (tertiary/aromatic N) is 3. The Bertz CT molecular complexity index is 218. The zero-order valence-electron chi connectivity index (χ0n) is 6.37. The maximum atomic E-state index is 3.87. The van der Waals surface area contributed by atoms with Crippen LogP contribution < -0.4 is 0 Å². The molecule has 0 saturated heterocycles. The molecule has 4 nitrogen and oxygen atoms in total. The first kappa shape index (κ1) is 8.26. The van der Waals surface area contributed by atoms with Gasteiger partial charge in [-0.15, -0.1) is 10.2 Å². The van der Waals surface area contributed by atoms with Gasteiger partial charge in [-0.2, -0.15) is 5.21 Å². The highest BCUT2D eigenvalue weighted by molar-refractivity contribution is 7.99. The number of hydrogen-bond acceptors (Lipinski definition) is 4. The molecule has 0 aliphatic rings. The van der Waals surface area contributed by atoms with Crippen LogP contribution in [0.5, 0.6) is 0 Å². The van der Waals surface area contributed by atoms with Crippen molar-refractivity contribution in [1.29, 1.82) is 0 Å². The second-order valence-corrected chi connectivity index (χ2v) is 3.03. The second-order valence-electron chi connectivity index (χ2n) is 2.09. The Balaban J connectivity index is 2.29. The van der Waals surface area contributed by atoms with Crippen LogP contribution in [0, 0.1) is 0 Å². The first-order valence-corrected chi connectivity index (χ1v) is 4.34. The number of nitrogens with one attached hydrogen (secondary N) is 1. The number of rotatable bonds is 4. The van der Waals surface area contributed by atoms with Crippen LogP contribution in [0.25, 0.3) is 0 Å². The maximum absolute atomic E-state index is 3.87. The molecule has 1 rings (SSSR count). The molecule has 0 atom stereocenters. The third-order valence-electron chi connectivity index (χ3n) is 1.23. The normalized spacial score (nSPS) is 9.91. The zero-order valence-corrected chi connectivity index (χ0v) is 7.19. The SMILES string of the molecule is C=C(CC)CSc1nn[nH]n1. The molecular formula is C6H10N4S. The van der Waals surface area contributed by atoms with Gasteiger partial charge in [0.05, 0.1) is 0 Å². The van der Waals surface area contributed by atoms with Crippen molar-refractivity contribution in [3.63, 3.8) is 0 Å². The van der Waals surface area contributed by atoms with Gasteiger partial charge in [0.15, 0.2) is 0 Å². The molecule has 0 aliphatic heterocycles. The molecule has 1 aromatic rings. The van der Waals surface area contributed by atoms with Gasteiger partial charge in [0, 0.05) is 5.75 Å². The van der Waals surface area contributed by atoms with Crippen molar-refractivity contribution in [2.75, 3.05) is 5.75 Å². The molecular weight excluding hydrogens is 160 g/mol. The van der Waals surface area contributed by atoms with E-state index >= 15 is 0 Å². The van der Waals surface area contributed by atoms with Crippen LogP contribution in [0.2, 0.25) is 0 Å². The molecule has 1 aromatic heterocycles. The van der Waals surface area contributed by atoms with Gasteiger partial charge in [0.2, 0.25) is 5.16 Å². The lowest BCUT2D eigenvalue weighted by atomic mass is 10.3. The van der Waals surface area contributed by atoms with Gasteiger partial charge in [0.1, 0.15) is 0 Å². The van der Waals surface area contributed by atoms with E-state index in [0.717, 1.165) is 12.2 Å². The maximum Gasteiger partial charge on any atom is 0.231 e. The van der Waals surface area contributed by atoms with Crippen LogP contribution in [-0.4, -0.2) is 26.4 Å². The summed E-state index contributed by atoms with van der Waals surface area (Å²) in [6.07, 6.45) is 1.00. The molecule has 1 heterocycles. The average molecular weight is 170 g/mol. The number of aromatic amines is 1. The van der Waals surface area contributed by atoms with Gasteiger partial charge in [0.25, 0.3) is 0 Å². The second kappa shape index (κ2) is 4.12. The van der Waals surface area contributed by atoms with E-state index in [1.165, 1.54) is 5.57 Å². The lowest BCUT2D eigenvalue weighted by molar-refractivity contribution is 0.881. The molecule has 5 heteroatoms. The summed E-state index contributed by atoms with van der Waals surface area (Å²) in [6.45, 7) is 5.95. The highest BCUT2D eigenvalue weighted by atomic mass is 32.2. The Morgan fingerprint density at radius 2 is 2.55 bits per heavy atom. The van der Waals surface area contributed by atoms with E-state index in [2.05, 4.69) is 34.1 Å². The third kappa shape index (κ3) is 2.71. The standard InChI is InChI=1S/C6H10N4S/c1-3-5(2)4-11-6-7-9-10-8-6/h2-4H2,1H3,(H,7,8,9,10). The van der Waals surface area contributed by atoms with Gasteiger partial charge in [-0.25, -0.2) is 0 Å². The van der Waals surface area contributed by atoms with Gasteiger partial charge >= 0.3 is 0 Å². The number of H-pyrrole nitrogens is 1. The predicted molar refractivity (Wildman–Crippen MR) is 44.3 cm³/mol. The van der Waals surface area contributed by atoms with Crippen molar-refractivity contribution in [3.8, 4) is 0 Å². The summed E-state index contributed by atoms with van der Waals surface area (Å²) in [5, 5.41) is 14.1. The molecule has 0 saturated carbocycles. The molecule has 60 valence electrons. The molecule has 0 spiro atoms. The molecule has 0 radical (unpaired) electrons. The quantitative estimate of drug-likeness (QED) is 0.546. The fraction of sp³-hybridized carbons (Fsp3) is 0.500. The number of tetrazole rings is 1. The topological polar surface area (TPSA) is 54.5 Å². The fourth-order valence-corrected chi connectivity index (χ4v) is 1.22. The highest BCUT2D eigenvalue weighted by Gasteiger charge is 1.98. The molecule has 0 unspecified atom stereocenters. The largest absolute Gasteiger partial charge is 0.231 e. The Morgan fingerprint density at radius 3 is 3.09 bits per heavy atom. The summed E-state index contributed by atoms with van der Waals surface area (Å²) in [5.41, 5.74) is 1.19. The van der Waals surface area contributed by atoms with Crippen molar-refractivity contribution in [2.45, 2.75) is 18.5 Å². The van der Waals surface area contributed by atoms with E-state index in [4.69, 9.17) is 0 Å². The van der Waals surface area contributed by atoms with E-state index < -0.39 is 0 Å². The Labute approximate surface area is 69.5 Å². The predicted octanol–water partition coefficient (Wildman–Crippen LogP) is 1.26. The van der Waals surface area contributed by atoms with Crippen molar-refractivity contribution in [1.82, 2.24) is 20.6 Å². The minimum Gasteiger partial charge on any atom is -0.176 e. The summed E-state index contributed by atoms with van der Waals surface area (Å²) in [4.78, 5) is 0. The lowest BCUT2D eigenvalue weighted by Crippen LogP contribution is -1.84. The lowest BCUT2D eigenvalue weighted by Gasteiger charge is -1.96. The molecule has 0 fully saturated rings. The summed E-state index contributed by atoms with van der Waals surface area (Å²) in [7, 11) is 0. The van der Waals surface area contributed by atoms with Crippen LogP contribution in [0.15, 0.2) is 17.3 Å². The van der Waals surface area contributed by atoms with E-state index in [1.807, 2.05) is 0 Å². The van der Waals surface area contributed by atoms with Gasteiger partial charge in [-0.1, -0.05) is 30.8 Å². The minimum atomic E-state index is 0.680. The molecule has 0 amide bonds. The first-order valence-electron chi connectivity index (χ1n) is 3.35. The van der Waals surface area contributed by atoms with E-state index in [-0.39, 0.29) is 0 Å². The van der Waals surface area contributed by atoms with Crippen LogP contribution in [0.4, 0.5) is 0 Å².